The lowest BCUT2D eigenvalue weighted by Crippen LogP contribution is -1.99. The third-order valence-corrected chi connectivity index (χ3v) is 13.2. The van der Waals surface area contributed by atoms with Gasteiger partial charge in [-0.25, -0.2) is 4.98 Å². The van der Waals surface area contributed by atoms with E-state index in [1.165, 1.54) is 47.5 Å². The summed E-state index contributed by atoms with van der Waals surface area (Å²) in [7, 11) is 0. The maximum Gasteiger partial charge on any atom is 0.146 e. The second-order valence-corrected chi connectivity index (χ2v) is 16.6. The summed E-state index contributed by atoms with van der Waals surface area (Å²) in [6.07, 6.45) is 0. The van der Waals surface area contributed by atoms with Crippen LogP contribution in [0.4, 0.5) is 0 Å². The molecule has 0 spiro atoms. The molecule has 4 nitrogen and oxygen atoms in total. The van der Waals surface area contributed by atoms with E-state index in [0.717, 1.165) is 72.4 Å². The normalized spacial score (nSPS) is 12.0. The van der Waals surface area contributed by atoms with Crippen molar-refractivity contribution in [3.05, 3.63) is 200 Å². The van der Waals surface area contributed by atoms with Crippen LogP contribution in [0.15, 0.2) is 205 Å². The second kappa shape index (κ2) is 12.9. The minimum Gasteiger partial charge on any atom is -0.456 e. The van der Waals surface area contributed by atoms with E-state index in [4.69, 9.17) is 9.40 Å². The molecule has 4 aromatic heterocycles. The Bertz CT molecular complexity index is 3830. The maximum absolute atomic E-state index is 7.00. The van der Waals surface area contributed by atoms with Gasteiger partial charge < -0.3 is 8.98 Å². The summed E-state index contributed by atoms with van der Waals surface area (Å²) >= 11 is 1.86. The molecule has 0 unspecified atom stereocenters. The van der Waals surface area contributed by atoms with Crippen molar-refractivity contribution in [2.24, 2.45) is 0 Å². The molecule has 5 heteroatoms. The number of rotatable bonds is 5. The van der Waals surface area contributed by atoms with Gasteiger partial charge >= 0.3 is 0 Å². The van der Waals surface area contributed by atoms with Crippen molar-refractivity contribution in [2.75, 3.05) is 0 Å². The number of benzene rings is 9. The highest BCUT2D eigenvalue weighted by Gasteiger charge is 2.23. The van der Waals surface area contributed by atoms with Crippen molar-refractivity contribution >= 4 is 86.3 Å². The lowest BCUT2D eigenvalue weighted by molar-refractivity contribution is 0.669. The molecule has 0 fully saturated rings. The number of para-hydroxylation sites is 3. The van der Waals surface area contributed by atoms with Gasteiger partial charge in [0.2, 0.25) is 0 Å². The van der Waals surface area contributed by atoms with Crippen LogP contribution in [-0.2, 0) is 0 Å². The van der Waals surface area contributed by atoms with E-state index in [9.17, 15) is 0 Å². The van der Waals surface area contributed by atoms with Gasteiger partial charge in [0.25, 0.3) is 0 Å². The number of nitrogens with zero attached hydrogens (tertiary/aromatic N) is 3. The molecule has 0 aliphatic carbocycles. The summed E-state index contributed by atoms with van der Waals surface area (Å²) in [6.45, 7) is 0. The molecule has 0 N–H and O–H groups in total. The van der Waals surface area contributed by atoms with Crippen molar-refractivity contribution in [3.63, 3.8) is 0 Å². The zero-order chi connectivity index (χ0) is 39.3. The number of furan rings is 1. The molecule has 9 aromatic carbocycles. The molecule has 13 rings (SSSR count). The predicted octanol–water partition coefficient (Wildman–Crippen LogP) is 15.4. The van der Waals surface area contributed by atoms with Gasteiger partial charge in [-0.1, -0.05) is 121 Å². The molecule has 0 atom stereocenters. The summed E-state index contributed by atoms with van der Waals surface area (Å²) in [5.41, 5.74) is 13.6. The highest BCUT2D eigenvalue weighted by molar-refractivity contribution is 7.25. The number of imidazole rings is 1. The molecule has 0 aliphatic heterocycles. The fourth-order valence-electron chi connectivity index (χ4n) is 9.40. The number of fused-ring (bicyclic) bond motifs is 10. The lowest BCUT2D eigenvalue weighted by Gasteiger charge is -2.14. The Morgan fingerprint density at radius 2 is 1.08 bits per heavy atom. The second-order valence-electron chi connectivity index (χ2n) is 15.5. The molecular weight excluding hydrogens is 751 g/mol. The first-order valence-electron chi connectivity index (χ1n) is 20.3. The standard InChI is InChI=1S/C55H33N3OS/c1-3-14-34(15-4-1)36-18-13-19-38(28-36)58-48-24-11-9-22-46(48)56-55(58)45-29-37(35-16-5-2-6-17-35)30-51-54(45)42-27-26-39(31-50(42)59-51)57-47-23-10-7-20-40(47)43-33-53-44(32-49(43)57)41-21-8-12-25-52(41)60-53/h1-33H. The Hall–Kier alpha value is -7.73. The number of hydrogen-bond donors (Lipinski definition) is 0. The summed E-state index contributed by atoms with van der Waals surface area (Å²) < 4.78 is 14.3. The SMILES string of the molecule is c1ccc(-c2cccc(-n3c(-c4cc(-c5ccccc5)cc5oc6cc(-n7c8ccccc8c8cc9sc%10ccccc%10c9cc87)ccc6c45)nc4ccccc43)c2)cc1. The molecule has 0 saturated carbocycles. The van der Waals surface area contributed by atoms with Gasteiger partial charge in [-0.2, -0.15) is 0 Å². The van der Waals surface area contributed by atoms with Crippen LogP contribution in [0, 0.1) is 0 Å². The third kappa shape index (κ3) is 5.00. The highest BCUT2D eigenvalue weighted by Crippen LogP contribution is 2.44. The van der Waals surface area contributed by atoms with Crippen LogP contribution < -0.4 is 0 Å². The van der Waals surface area contributed by atoms with Crippen LogP contribution >= 0.6 is 11.3 Å². The number of aromatic nitrogens is 3. The molecule has 0 aliphatic rings. The lowest BCUT2D eigenvalue weighted by atomic mass is 9.98. The van der Waals surface area contributed by atoms with Crippen LogP contribution in [0.3, 0.4) is 0 Å². The zero-order valence-corrected chi connectivity index (χ0v) is 33.0. The topological polar surface area (TPSA) is 35.9 Å². The Labute approximate surface area is 348 Å². The summed E-state index contributed by atoms with van der Waals surface area (Å²) in [5.74, 6) is 0.866. The Morgan fingerprint density at radius 1 is 0.383 bits per heavy atom. The Balaban J connectivity index is 1.07. The summed E-state index contributed by atoms with van der Waals surface area (Å²) in [5, 5.41) is 7.16. The predicted molar refractivity (Wildman–Crippen MR) is 252 cm³/mol. The third-order valence-electron chi connectivity index (χ3n) is 12.1. The molecule has 4 heterocycles. The van der Waals surface area contributed by atoms with Gasteiger partial charge in [-0.3, -0.25) is 4.57 Å². The summed E-state index contributed by atoms with van der Waals surface area (Å²) in [6, 6.07) is 71.7. The fraction of sp³-hybridized carbons (Fsp3) is 0. The van der Waals surface area contributed by atoms with Crippen LogP contribution in [-0.4, -0.2) is 14.1 Å². The van der Waals surface area contributed by atoms with Crippen LogP contribution in [0.1, 0.15) is 0 Å². The monoisotopic (exact) mass is 783 g/mol. The van der Waals surface area contributed by atoms with Crippen molar-refractivity contribution in [1.29, 1.82) is 0 Å². The van der Waals surface area contributed by atoms with Crippen molar-refractivity contribution in [3.8, 4) is 45.0 Å². The Kier molecular flexibility index (Phi) is 7.14. The first-order chi connectivity index (χ1) is 29.7. The molecule has 13 aromatic rings. The minimum absolute atomic E-state index is 0.823. The number of hydrogen-bond acceptors (Lipinski definition) is 3. The first-order valence-corrected chi connectivity index (χ1v) is 21.1. The van der Waals surface area contributed by atoms with E-state index in [-0.39, 0.29) is 0 Å². The van der Waals surface area contributed by atoms with E-state index in [0.29, 0.717) is 0 Å². The van der Waals surface area contributed by atoms with Gasteiger partial charge in [0, 0.05) is 64.7 Å². The van der Waals surface area contributed by atoms with Gasteiger partial charge in [0.15, 0.2) is 0 Å². The maximum atomic E-state index is 7.00. The van der Waals surface area contributed by atoms with Gasteiger partial charge in [-0.15, -0.1) is 11.3 Å². The molecule has 60 heavy (non-hydrogen) atoms. The van der Waals surface area contributed by atoms with E-state index in [1.54, 1.807) is 0 Å². The van der Waals surface area contributed by atoms with E-state index >= 15 is 0 Å². The van der Waals surface area contributed by atoms with E-state index in [1.807, 2.05) is 11.3 Å². The molecule has 0 radical (unpaired) electrons. The zero-order valence-electron chi connectivity index (χ0n) is 32.2. The van der Waals surface area contributed by atoms with Gasteiger partial charge in [0.1, 0.15) is 17.0 Å². The molecule has 0 amide bonds. The Morgan fingerprint density at radius 3 is 1.93 bits per heavy atom. The molecular formula is C55H33N3OS. The average Bonchev–Trinajstić information content (AvgIpc) is 4.07. The smallest absolute Gasteiger partial charge is 0.146 e. The first kappa shape index (κ1) is 33.3. The van der Waals surface area contributed by atoms with Gasteiger partial charge in [0.05, 0.1) is 22.1 Å². The van der Waals surface area contributed by atoms with Crippen molar-refractivity contribution in [1.82, 2.24) is 14.1 Å². The average molecular weight is 784 g/mol. The summed E-state index contributed by atoms with van der Waals surface area (Å²) in [4.78, 5) is 5.42. The van der Waals surface area contributed by atoms with E-state index in [2.05, 4.69) is 209 Å². The molecule has 280 valence electrons. The largest absolute Gasteiger partial charge is 0.456 e. The van der Waals surface area contributed by atoms with E-state index < -0.39 is 0 Å². The van der Waals surface area contributed by atoms with Crippen LogP contribution in [0.25, 0.3) is 120 Å². The quantitative estimate of drug-likeness (QED) is 0.174. The minimum atomic E-state index is 0.823. The fourth-order valence-corrected chi connectivity index (χ4v) is 10.5. The van der Waals surface area contributed by atoms with Crippen LogP contribution in [0.2, 0.25) is 0 Å². The van der Waals surface area contributed by atoms with Crippen molar-refractivity contribution < 1.29 is 4.42 Å². The van der Waals surface area contributed by atoms with Crippen molar-refractivity contribution in [2.45, 2.75) is 0 Å². The van der Waals surface area contributed by atoms with Crippen LogP contribution in [0.5, 0.6) is 0 Å². The number of thiophene rings is 1. The molecule has 0 saturated heterocycles. The highest BCUT2D eigenvalue weighted by atomic mass is 32.1. The van der Waals surface area contributed by atoms with Gasteiger partial charge in [-0.05, 0) is 95.1 Å². The molecule has 0 bridgehead atoms.